The number of benzene rings is 1. The van der Waals surface area contributed by atoms with Gasteiger partial charge in [0.2, 0.25) is 0 Å². The van der Waals surface area contributed by atoms with Gasteiger partial charge in [0.25, 0.3) is 0 Å². The highest BCUT2D eigenvalue weighted by atomic mass is 19.1. The molecule has 0 amide bonds. The average molecular weight is 375 g/mol. The monoisotopic (exact) mass is 374 g/mol. The lowest BCUT2D eigenvalue weighted by Crippen LogP contribution is -2.54. The Bertz CT molecular complexity index is 723. The van der Waals surface area contributed by atoms with Gasteiger partial charge >= 0.3 is 0 Å². The van der Waals surface area contributed by atoms with E-state index in [0.29, 0.717) is 6.04 Å². The van der Waals surface area contributed by atoms with Crippen LogP contribution >= 0.6 is 0 Å². The number of aliphatic hydroxyl groups excluding tert-OH is 1. The molecular weight excluding hydrogens is 343 g/mol. The normalized spacial score (nSPS) is 19.5. The van der Waals surface area contributed by atoms with Gasteiger partial charge in [-0.15, -0.1) is 0 Å². The van der Waals surface area contributed by atoms with Gasteiger partial charge in [0.15, 0.2) is 0 Å². The third kappa shape index (κ3) is 5.37. The average Bonchev–Trinajstić information content (AvgIpc) is 3.05. The molecule has 6 heteroatoms. The number of aromatic amines is 1. The van der Waals surface area contributed by atoms with Crippen LogP contribution in [-0.2, 0) is 6.54 Å². The lowest BCUT2D eigenvalue weighted by atomic mass is 9.94. The summed E-state index contributed by atoms with van der Waals surface area (Å²) in [7, 11) is 0. The highest BCUT2D eigenvalue weighted by molar-refractivity contribution is 5.62. The summed E-state index contributed by atoms with van der Waals surface area (Å²) in [5.74, 6) is -0.235. The first-order valence-electron chi connectivity index (χ1n) is 9.71. The zero-order valence-corrected chi connectivity index (χ0v) is 16.6. The second-order valence-corrected chi connectivity index (χ2v) is 8.71. The van der Waals surface area contributed by atoms with E-state index in [1.807, 2.05) is 6.20 Å². The molecule has 3 rings (SSSR count). The molecule has 1 aromatic heterocycles. The minimum absolute atomic E-state index is 0.214. The SMILES string of the molecule is CC(C)(C)CN1CCN(Cc2cn[nH]c2-c2ccc(F)cc2)C[C@@H]1CCO. The van der Waals surface area contributed by atoms with Crippen LogP contribution < -0.4 is 0 Å². The Morgan fingerprint density at radius 1 is 1.22 bits per heavy atom. The molecule has 0 bridgehead atoms. The molecule has 0 unspecified atom stereocenters. The minimum atomic E-state index is -0.235. The first-order chi connectivity index (χ1) is 12.9. The molecule has 1 atom stereocenters. The van der Waals surface area contributed by atoms with Crippen LogP contribution in [0.25, 0.3) is 11.3 Å². The Morgan fingerprint density at radius 3 is 2.63 bits per heavy atom. The molecule has 2 heterocycles. The van der Waals surface area contributed by atoms with E-state index in [2.05, 4.69) is 40.8 Å². The molecule has 5 nitrogen and oxygen atoms in total. The highest BCUT2D eigenvalue weighted by Crippen LogP contribution is 2.25. The number of aliphatic hydroxyl groups is 1. The lowest BCUT2D eigenvalue weighted by Gasteiger charge is -2.44. The second-order valence-electron chi connectivity index (χ2n) is 8.71. The molecule has 1 aliphatic rings. The van der Waals surface area contributed by atoms with E-state index in [-0.39, 0.29) is 17.8 Å². The molecule has 0 saturated carbocycles. The van der Waals surface area contributed by atoms with Gasteiger partial charge in [-0.2, -0.15) is 5.10 Å². The Hall–Kier alpha value is -1.76. The van der Waals surface area contributed by atoms with E-state index in [4.69, 9.17) is 0 Å². The Morgan fingerprint density at radius 2 is 1.96 bits per heavy atom. The van der Waals surface area contributed by atoms with Crippen LogP contribution in [0.4, 0.5) is 4.39 Å². The maximum absolute atomic E-state index is 13.2. The number of halogens is 1. The summed E-state index contributed by atoms with van der Waals surface area (Å²) in [6.07, 6.45) is 2.66. The van der Waals surface area contributed by atoms with E-state index in [9.17, 15) is 9.50 Å². The summed E-state index contributed by atoms with van der Waals surface area (Å²) in [6, 6.07) is 6.87. The van der Waals surface area contributed by atoms with Gasteiger partial charge in [-0.1, -0.05) is 20.8 Å². The molecule has 148 valence electrons. The predicted octanol–water partition coefficient (Wildman–Crippen LogP) is 3.13. The smallest absolute Gasteiger partial charge is 0.123 e. The highest BCUT2D eigenvalue weighted by Gasteiger charge is 2.29. The topological polar surface area (TPSA) is 55.4 Å². The van der Waals surface area contributed by atoms with Crippen LogP contribution in [0.5, 0.6) is 0 Å². The fourth-order valence-electron chi connectivity index (χ4n) is 3.88. The van der Waals surface area contributed by atoms with E-state index < -0.39 is 0 Å². The first kappa shape index (κ1) is 20.0. The number of nitrogens with one attached hydrogen (secondary N) is 1. The standard InChI is InChI=1S/C21H31FN4O/c1-21(2,3)15-26-10-9-25(14-19(26)8-11-27)13-17-12-23-24-20(17)16-4-6-18(22)7-5-16/h4-7,12,19,27H,8-11,13-15H2,1-3H3,(H,23,24)/t19-/m0/s1. The summed E-state index contributed by atoms with van der Waals surface area (Å²) in [4.78, 5) is 4.94. The number of piperazine rings is 1. The molecule has 2 aromatic rings. The summed E-state index contributed by atoms with van der Waals surface area (Å²) in [5.41, 5.74) is 3.26. The molecule has 1 saturated heterocycles. The minimum Gasteiger partial charge on any atom is -0.396 e. The predicted molar refractivity (Wildman–Crippen MR) is 106 cm³/mol. The molecular formula is C21H31FN4O. The van der Waals surface area contributed by atoms with Crippen molar-refractivity contribution in [3.8, 4) is 11.3 Å². The van der Waals surface area contributed by atoms with Crippen molar-refractivity contribution < 1.29 is 9.50 Å². The van der Waals surface area contributed by atoms with Crippen LogP contribution in [-0.4, -0.2) is 63.9 Å². The number of hydrogen-bond donors (Lipinski definition) is 2. The summed E-state index contributed by atoms with van der Waals surface area (Å²) in [5, 5.41) is 16.8. The number of rotatable bonds is 6. The molecule has 1 fully saturated rings. The lowest BCUT2D eigenvalue weighted by molar-refractivity contribution is 0.0340. The summed E-state index contributed by atoms with van der Waals surface area (Å²) >= 11 is 0. The van der Waals surface area contributed by atoms with Crippen molar-refractivity contribution in [1.82, 2.24) is 20.0 Å². The quantitative estimate of drug-likeness (QED) is 0.816. The van der Waals surface area contributed by atoms with Gasteiger partial charge in [0.1, 0.15) is 5.82 Å². The van der Waals surface area contributed by atoms with Crippen molar-refractivity contribution in [3.05, 3.63) is 41.8 Å². The van der Waals surface area contributed by atoms with Gasteiger partial charge < -0.3 is 5.11 Å². The fraction of sp³-hybridized carbons (Fsp3) is 0.571. The molecule has 1 aliphatic heterocycles. The molecule has 1 aromatic carbocycles. The summed E-state index contributed by atoms with van der Waals surface area (Å²) < 4.78 is 13.2. The molecule has 27 heavy (non-hydrogen) atoms. The number of nitrogens with zero attached hydrogens (tertiary/aromatic N) is 3. The van der Waals surface area contributed by atoms with Crippen molar-refractivity contribution in [2.24, 2.45) is 5.41 Å². The van der Waals surface area contributed by atoms with Gasteiger partial charge in [0.05, 0.1) is 11.9 Å². The maximum atomic E-state index is 13.2. The second kappa shape index (κ2) is 8.50. The number of H-pyrrole nitrogens is 1. The van der Waals surface area contributed by atoms with Crippen LogP contribution in [0.15, 0.2) is 30.5 Å². The Labute approximate surface area is 161 Å². The third-order valence-electron chi connectivity index (χ3n) is 5.07. The van der Waals surface area contributed by atoms with Gasteiger partial charge in [-0.05, 0) is 36.1 Å². The van der Waals surface area contributed by atoms with E-state index >= 15 is 0 Å². The van der Waals surface area contributed by atoms with Gasteiger partial charge in [0, 0.05) is 56.5 Å². The van der Waals surface area contributed by atoms with E-state index in [0.717, 1.165) is 56.0 Å². The zero-order chi connectivity index (χ0) is 19.4. The van der Waals surface area contributed by atoms with Crippen LogP contribution in [0.1, 0.15) is 32.8 Å². The molecule has 0 spiro atoms. The third-order valence-corrected chi connectivity index (χ3v) is 5.07. The van der Waals surface area contributed by atoms with Gasteiger partial charge in [-0.25, -0.2) is 4.39 Å². The largest absolute Gasteiger partial charge is 0.396 e. The van der Waals surface area contributed by atoms with E-state index in [1.165, 1.54) is 12.1 Å². The number of aromatic nitrogens is 2. The summed E-state index contributed by atoms with van der Waals surface area (Å²) in [6.45, 7) is 11.8. The Kier molecular flexibility index (Phi) is 6.29. The van der Waals surface area contributed by atoms with Crippen molar-refractivity contribution in [3.63, 3.8) is 0 Å². The molecule has 0 aliphatic carbocycles. The van der Waals surface area contributed by atoms with Crippen LogP contribution in [0, 0.1) is 11.2 Å². The first-order valence-corrected chi connectivity index (χ1v) is 9.71. The maximum Gasteiger partial charge on any atom is 0.123 e. The van der Waals surface area contributed by atoms with Crippen molar-refractivity contribution in [2.75, 3.05) is 32.8 Å². The fourth-order valence-corrected chi connectivity index (χ4v) is 3.88. The van der Waals surface area contributed by atoms with Gasteiger partial charge in [-0.3, -0.25) is 14.9 Å². The molecule has 0 radical (unpaired) electrons. The van der Waals surface area contributed by atoms with Crippen LogP contribution in [0.3, 0.4) is 0 Å². The van der Waals surface area contributed by atoms with Crippen molar-refractivity contribution >= 4 is 0 Å². The van der Waals surface area contributed by atoms with Crippen molar-refractivity contribution in [1.29, 1.82) is 0 Å². The number of hydrogen-bond acceptors (Lipinski definition) is 4. The Balaban J connectivity index is 1.68. The van der Waals surface area contributed by atoms with E-state index in [1.54, 1.807) is 12.1 Å². The van der Waals surface area contributed by atoms with Crippen molar-refractivity contribution in [2.45, 2.75) is 39.8 Å². The zero-order valence-electron chi connectivity index (χ0n) is 16.6. The molecule has 2 N–H and O–H groups in total. The van der Waals surface area contributed by atoms with Crippen LogP contribution in [0.2, 0.25) is 0 Å².